The van der Waals surface area contributed by atoms with Crippen molar-refractivity contribution >= 4 is 28.5 Å². The van der Waals surface area contributed by atoms with Crippen LogP contribution < -0.4 is 5.56 Å². The fourth-order valence-electron chi connectivity index (χ4n) is 1.50. The maximum atomic E-state index is 11.8. The van der Waals surface area contributed by atoms with Crippen molar-refractivity contribution in [2.45, 2.75) is 19.6 Å². The number of rotatable bonds is 4. The van der Waals surface area contributed by atoms with Gasteiger partial charge in [-0.15, -0.1) is 0 Å². The van der Waals surface area contributed by atoms with Crippen molar-refractivity contribution in [3.63, 3.8) is 0 Å². The molecule has 0 amide bonds. The second-order valence-electron chi connectivity index (χ2n) is 3.97. The lowest BCUT2D eigenvalue weighted by Crippen LogP contribution is -2.21. The molecule has 1 heterocycles. The number of carbonyl (C=O) groups is 1. The number of carboxylic acids is 1. The summed E-state index contributed by atoms with van der Waals surface area (Å²) in [4.78, 5) is 29.1. The number of fused-ring (bicyclic) bond motifs is 1. The number of nitrogens with zero attached hydrogens (tertiary/aromatic N) is 1. The van der Waals surface area contributed by atoms with Gasteiger partial charge in [0.05, 0.1) is 10.9 Å². The van der Waals surface area contributed by atoms with E-state index in [9.17, 15) is 9.59 Å². The number of H-pyrrole nitrogens is 1. The molecule has 0 aliphatic heterocycles. The lowest BCUT2D eigenvalue weighted by Gasteiger charge is -2.08. The first kappa shape index (κ1) is 13.5. The molecule has 100 valence electrons. The van der Waals surface area contributed by atoms with E-state index < -0.39 is 12.1 Å². The molecule has 2 N–H and O–H groups in total. The molecule has 19 heavy (non-hydrogen) atoms. The number of benzene rings is 1. The quantitative estimate of drug-likeness (QED) is 0.888. The third-order valence-electron chi connectivity index (χ3n) is 2.53. The van der Waals surface area contributed by atoms with Crippen molar-refractivity contribution in [1.29, 1.82) is 0 Å². The minimum atomic E-state index is -1.07. The summed E-state index contributed by atoms with van der Waals surface area (Å²) in [6, 6.07) is 4.77. The van der Waals surface area contributed by atoms with Crippen molar-refractivity contribution in [3.05, 3.63) is 39.4 Å². The van der Waals surface area contributed by atoms with E-state index in [4.69, 9.17) is 21.4 Å². The van der Waals surface area contributed by atoms with Crippen LogP contribution in [0.25, 0.3) is 10.9 Å². The summed E-state index contributed by atoms with van der Waals surface area (Å²) >= 11 is 5.80. The van der Waals surface area contributed by atoms with Crippen molar-refractivity contribution in [3.8, 4) is 0 Å². The first-order chi connectivity index (χ1) is 8.97. The molecule has 0 unspecified atom stereocenters. The van der Waals surface area contributed by atoms with Crippen molar-refractivity contribution in [2.75, 3.05) is 0 Å². The highest BCUT2D eigenvalue weighted by atomic mass is 35.5. The number of hydrogen-bond acceptors (Lipinski definition) is 4. The van der Waals surface area contributed by atoms with E-state index in [1.165, 1.54) is 13.0 Å². The third kappa shape index (κ3) is 3.10. The molecule has 0 radical (unpaired) electrons. The van der Waals surface area contributed by atoms with Gasteiger partial charge >= 0.3 is 5.97 Å². The number of nitrogens with one attached hydrogen (secondary N) is 1. The Morgan fingerprint density at radius 1 is 1.58 bits per heavy atom. The molecule has 0 spiro atoms. The van der Waals surface area contributed by atoms with E-state index in [2.05, 4.69) is 9.97 Å². The van der Waals surface area contributed by atoms with E-state index >= 15 is 0 Å². The smallest absolute Gasteiger partial charge is 0.332 e. The monoisotopic (exact) mass is 282 g/mol. The zero-order valence-corrected chi connectivity index (χ0v) is 10.8. The average molecular weight is 283 g/mol. The van der Waals surface area contributed by atoms with Gasteiger partial charge in [0.15, 0.2) is 6.10 Å². The Labute approximate surface area is 113 Å². The van der Waals surface area contributed by atoms with Crippen LogP contribution in [0.15, 0.2) is 23.0 Å². The molecule has 1 atom stereocenters. The van der Waals surface area contributed by atoms with Gasteiger partial charge in [-0.2, -0.15) is 0 Å². The molecule has 0 saturated heterocycles. The van der Waals surface area contributed by atoms with Crippen LogP contribution in [0.2, 0.25) is 5.02 Å². The van der Waals surface area contributed by atoms with Gasteiger partial charge in [-0.05, 0) is 25.1 Å². The van der Waals surface area contributed by atoms with Crippen LogP contribution in [0.4, 0.5) is 0 Å². The molecule has 2 aromatic rings. The summed E-state index contributed by atoms with van der Waals surface area (Å²) in [6.45, 7) is 1.32. The molecule has 7 heteroatoms. The Morgan fingerprint density at radius 3 is 3.00 bits per heavy atom. The zero-order valence-electron chi connectivity index (χ0n) is 10.0. The SMILES string of the molecule is C[C@H](OCc1nc2ccc(Cl)cc2c(=O)[nH]1)C(=O)O. The predicted octanol–water partition coefficient (Wildman–Crippen LogP) is 1.57. The minimum absolute atomic E-state index is 0.0821. The Bertz CT molecular complexity index is 683. The van der Waals surface area contributed by atoms with Gasteiger partial charge in [0.2, 0.25) is 0 Å². The lowest BCUT2D eigenvalue weighted by atomic mass is 10.2. The van der Waals surface area contributed by atoms with Crippen LogP contribution in [0.3, 0.4) is 0 Å². The van der Waals surface area contributed by atoms with E-state index in [0.29, 0.717) is 15.9 Å². The molecule has 2 rings (SSSR count). The number of halogens is 1. The summed E-state index contributed by atoms with van der Waals surface area (Å²) in [5.41, 5.74) is 0.142. The molecule has 0 aliphatic rings. The van der Waals surface area contributed by atoms with Crippen molar-refractivity contribution < 1.29 is 14.6 Å². The van der Waals surface area contributed by atoms with Gasteiger partial charge in [-0.3, -0.25) is 4.79 Å². The summed E-state index contributed by atoms with van der Waals surface area (Å²) in [6.07, 6.45) is -0.966. The number of aromatic nitrogens is 2. The summed E-state index contributed by atoms with van der Waals surface area (Å²) in [7, 11) is 0. The number of aromatic amines is 1. The first-order valence-electron chi connectivity index (χ1n) is 5.50. The van der Waals surface area contributed by atoms with Crippen LogP contribution in [0, 0.1) is 0 Å². The Morgan fingerprint density at radius 2 is 2.32 bits per heavy atom. The highest BCUT2D eigenvalue weighted by Crippen LogP contribution is 2.14. The van der Waals surface area contributed by atoms with Gasteiger partial charge < -0.3 is 14.8 Å². The van der Waals surface area contributed by atoms with Gasteiger partial charge in [0.25, 0.3) is 5.56 Å². The predicted molar refractivity (Wildman–Crippen MR) is 69.3 cm³/mol. The van der Waals surface area contributed by atoms with Gasteiger partial charge in [-0.1, -0.05) is 11.6 Å². The standard InChI is InChI=1S/C12H11ClN2O4/c1-6(12(17)18)19-5-10-14-9-3-2-7(13)4-8(9)11(16)15-10/h2-4,6H,5H2,1H3,(H,17,18)(H,14,15,16)/t6-/m0/s1. The number of aliphatic carboxylic acids is 1. The van der Waals surface area contributed by atoms with Crippen molar-refractivity contribution in [1.82, 2.24) is 9.97 Å². The van der Waals surface area contributed by atoms with E-state index in [-0.39, 0.29) is 18.0 Å². The topological polar surface area (TPSA) is 92.3 Å². The second kappa shape index (κ2) is 5.38. The van der Waals surface area contributed by atoms with E-state index in [1.807, 2.05) is 0 Å². The Hall–Kier alpha value is -1.92. The maximum Gasteiger partial charge on any atom is 0.332 e. The average Bonchev–Trinajstić information content (AvgIpc) is 2.36. The number of hydrogen-bond donors (Lipinski definition) is 2. The molecule has 0 saturated carbocycles. The van der Waals surface area contributed by atoms with Gasteiger partial charge in [0, 0.05) is 5.02 Å². The van der Waals surface area contributed by atoms with Crippen LogP contribution in [-0.2, 0) is 16.1 Å². The number of ether oxygens (including phenoxy) is 1. The molecule has 0 aliphatic carbocycles. The maximum absolute atomic E-state index is 11.8. The summed E-state index contributed by atoms with van der Waals surface area (Å²) in [5.74, 6) is -0.803. The number of carboxylic acid groups (broad SMARTS) is 1. The zero-order chi connectivity index (χ0) is 14.0. The molecule has 0 fully saturated rings. The van der Waals surface area contributed by atoms with Crippen molar-refractivity contribution in [2.24, 2.45) is 0 Å². The van der Waals surface area contributed by atoms with Gasteiger partial charge in [0.1, 0.15) is 12.4 Å². The van der Waals surface area contributed by atoms with Crippen LogP contribution in [-0.4, -0.2) is 27.1 Å². The fourth-order valence-corrected chi connectivity index (χ4v) is 1.68. The highest BCUT2D eigenvalue weighted by Gasteiger charge is 2.12. The third-order valence-corrected chi connectivity index (χ3v) is 2.77. The second-order valence-corrected chi connectivity index (χ2v) is 4.40. The normalized spacial score (nSPS) is 12.5. The van der Waals surface area contributed by atoms with Crippen LogP contribution in [0.5, 0.6) is 0 Å². The highest BCUT2D eigenvalue weighted by molar-refractivity contribution is 6.31. The molecular weight excluding hydrogens is 272 g/mol. The molecule has 1 aromatic heterocycles. The summed E-state index contributed by atoms with van der Waals surface area (Å²) in [5, 5.41) is 9.51. The van der Waals surface area contributed by atoms with Crippen LogP contribution in [0.1, 0.15) is 12.7 Å². The molecular formula is C12H11ClN2O4. The fraction of sp³-hybridized carbons (Fsp3) is 0.250. The molecule has 6 nitrogen and oxygen atoms in total. The molecule has 1 aromatic carbocycles. The summed E-state index contributed by atoms with van der Waals surface area (Å²) < 4.78 is 5.06. The Kier molecular flexibility index (Phi) is 3.82. The van der Waals surface area contributed by atoms with E-state index in [0.717, 1.165) is 0 Å². The lowest BCUT2D eigenvalue weighted by molar-refractivity contribution is -0.150. The van der Waals surface area contributed by atoms with Gasteiger partial charge in [-0.25, -0.2) is 9.78 Å². The first-order valence-corrected chi connectivity index (χ1v) is 5.88. The Balaban J connectivity index is 2.29. The molecule has 0 bridgehead atoms. The largest absolute Gasteiger partial charge is 0.479 e. The minimum Gasteiger partial charge on any atom is -0.479 e. The van der Waals surface area contributed by atoms with E-state index in [1.54, 1.807) is 12.1 Å². The van der Waals surface area contributed by atoms with Crippen LogP contribution >= 0.6 is 11.6 Å².